The third kappa shape index (κ3) is 6.93. The molecule has 0 saturated carbocycles. The van der Waals surface area contributed by atoms with Crippen LogP contribution in [0.25, 0.3) is 0 Å². The van der Waals surface area contributed by atoms with Gasteiger partial charge in [0, 0.05) is 6.54 Å². The fourth-order valence-electron chi connectivity index (χ4n) is 2.33. The number of para-hydroxylation sites is 1. The molecule has 1 N–H and O–H groups in total. The van der Waals surface area contributed by atoms with Crippen LogP contribution in [0.2, 0.25) is 10.0 Å². The number of likely N-dealkylation sites (N-methyl/N-ethyl adjacent to an activating group) is 1. The third-order valence-corrected chi connectivity index (χ3v) is 4.23. The molecule has 0 radical (unpaired) electrons. The van der Waals surface area contributed by atoms with Crippen LogP contribution < -0.4 is 10.1 Å². The van der Waals surface area contributed by atoms with Crippen molar-refractivity contribution in [3.8, 4) is 5.75 Å². The van der Waals surface area contributed by atoms with Crippen LogP contribution in [-0.4, -0.2) is 30.3 Å². The van der Waals surface area contributed by atoms with E-state index in [9.17, 15) is 18.0 Å². The first-order valence-electron chi connectivity index (χ1n) is 7.99. The molecule has 0 heterocycles. The summed E-state index contributed by atoms with van der Waals surface area (Å²) in [5, 5.41) is 3.34. The third-order valence-electron chi connectivity index (χ3n) is 3.60. The molecule has 2 aromatic rings. The summed E-state index contributed by atoms with van der Waals surface area (Å²) >= 11 is 12.1. The second-order valence-corrected chi connectivity index (χ2v) is 6.45. The number of nitrogens with one attached hydrogen (secondary N) is 1. The first-order valence-corrected chi connectivity index (χ1v) is 8.74. The Morgan fingerprint density at radius 3 is 2.22 bits per heavy atom. The van der Waals surface area contributed by atoms with E-state index >= 15 is 0 Å². The molecular weight excluding hydrogens is 404 g/mol. The van der Waals surface area contributed by atoms with Crippen molar-refractivity contribution in [1.82, 2.24) is 4.90 Å². The van der Waals surface area contributed by atoms with Crippen molar-refractivity contribution in [3.63, 3.8) is 0 Å². The molecule has 27 heavy (non-hydrogen) atoms. The minimum atomic E-state index is -4.73. The van der Waals surface area contributed by atoms with Crippen LogP contribution >= 0.6 is 23.2 Å². The number of carbonyl (C=O) groups excluding carboxylic acids is 1. The standard InChI is InChI=1S/C18H17Cl2F3N2O2/c1-2-25(10-12-6-8-13(9-7-12)27-18(21,22)23)11-16(26)24-17-14(19)4-3-5-15(17)20/h3-9H,2,10-11H2,1H3,(H,24,26). The highest BCUT2D eigenvalue weighted by Gasteiger charge is 2.30. The van der Waals surface area contributed by atoms with Gasteiger partial charge in [0.15, 0.2) is 0 Å². The lowest BCUT2D eigenvalue weighted by Crippen LogP contribution is -2.32. The number of anilines is 1. The van der Waals surface area contributed by atoms with Gasteiger partial charge in [0.25, 0.3) is 0 Å². The van der Waals surface area contributed by atoms with Crippen LogP contribution in [0.1, 0.15) is 12.5 Å². The van der Waals surface area contributed by atoms with Gasteiger partial charge in [-0.3, -0.25) is 9.69 Å². The van der Waals surface area contributed by atoms with Crippen LogP contribution in [0.3, 0.4) is 0 Å². The van der Waals surface area contributed by atoms with Gasteiger partial charge in [-0.25, -0.2) is 0 Å². The molecule has 2 aromatic carbocycles. The zero-order valence-corrected chi connectivity index (χ0v) is 15.8. The second kappa shape index (κ2) is 9.30. The Kier molecular flexibility index (Phi) is 7.35. The molecule has 146 valence electrons. The SMILES string of the molecule is CCN(CC(=O)Nc1c(Cl)cccc1Cl)Cc1ccc(OC(F)(F)F)cc1. The van der Waals surface area contributed by atoms with E-state index in [0.29, 0.717) is 28.8 Å². The summed E-state index contributed by atoms with van der Waals surface area (Å²) in [6.07, 6.45) is -4.73. The van der Waals surface area contributed by atoms with E-state index in [4.69, 9.17) is 23.2 Å². The summed E-state index contributed by atoms with van der Waals surface area (Å²) in [4.78, 5) is 14.1. The molecule has 0 spiro atoms. The van der Waals surface area contributed by atoms with Crippen molar-refractivity contribution < 1.29 is 22.7 Å². The topological polar surface area (TPSA) is 41.6 Å². The van der Waals surface area contributed by atoms with E-state index in [1.807, 2.05) is 11.8 Å². The zero-order chi connectivity index (χ0) is 20.0. The minimum Gasteiger partial charge on any atom is -0.406 e. The van der Waals surface area contributed by atoms with Gasteiger partial charge in [-0.05, 0) is 36.4 Å². The van der Waals surface area contributed by atoms with Crippen molar-refractivity contribution in [1.29, 1.82) is 0 Å². The van der Waals surface area contributed by atoms with E-state index in [1.165, 1.54) is 24.3 Å². The van der Waals surface area contributed by atoms with Gasteiger partial charge < -0.3 is 10.1 Å². The molecule has 2 rings (SSSR count). The lowest BCUT2D eigenvalue weighted by molar-refractivity contribution is -0.274. The first-order chi connectivity index (χ1) is 12.7. The lowest BCUT2D eigenvalue weighted by atomic mass is 10.2. The number of benzene rings is 2. The molecule has 0 atom stereocenters. The molecule has 0 saturated heterocycles. The van der Waals surface area contributed by atoms with Gasteiger partial charge in [0.1, 0.15) is 5.75 Å². The summed E-state index contributed by atoms with van der Waals surface area (Å²) in [6.45, 7) is 2.88. The lowest BCUT2D eigenvalue weighted by Gasteiger charge is -2.20. The van der Waals surface area contributed by atoms with Crippen molar-refractivity contribution >= 4 is 34.8 Å². The first kappa shape index (κ1) is 21.3. The maximum atomic E-state index is 12.3. The monoisotopic (exact) mass is 420 g/mol. The fourth-order valence-corrected chi connectivity index (χ4v) is 2.83. The molecule has 9 heteroatoms. The van der Waals surface area contributed by atoms with Crippen molar-refractivity contribution in [2.24, 2.45) is 0 Å². The van der Waals surface area contributed by atoms with Gasteiger partial charge in [-0.1, -0.05) is 48.3 Å². The van der Waals surface area contributed by atoms with E-state index in [1.54, 1.807) is 18.2 Å². The second-order valence-electron chi connectivity index (χ2n) is 5.64. The highest BCUT2D eigenvalue weighted by Crippen LogP contribution is 2.29. The van der Waals surface area contributed by atoms with Gasteiger partial charge in [0.2, 0.25) is 5.91 Å². The maximum absolute atomic E-state index is 12.3. The number of alkyl halides is 3. The van der Waals surface area contributed by atoms with Crippen molar-refractivity contribution in [2.75, 3.05) is 18.4 Å². The maximum Gasteiger partial charge on any atom is 0.573 e. The number of hydrogen-bond acceptors (Lipinski definition) is 3. The number of rotatable bonds is 7. The number of nitrogens with zero attached hydrogens (tertiary/aromatic N) is 1. The molecule has 0 unspecified atom stereocenters. The molecule has 1 amide bonds. The molecule has 0 aliphatic carbocycles. The Morgan fingerprint density at radius 1 is 1.11 bits per heavy atom. The van der Waals surface area contributed by atoms with Gasteiger partial charge in [-0.2, -0.15) is 0 Å². The number of carbonyl (C=O) groups is 1. The normalized spacial score (nSPS) is 11.5. The van der Waals surface area contributed by atoms with Crippen LogP contribution in [0.15, 0.2) is 42.5 Å². The molecule has 0 fully saturated rings. The number of halogens is 5. The van der Waals surface area contributed by atoms with Gasteiger partial charge in [0.05, 0.1) is 22.3 Å². The Balaban J connectivity index is 1.96. The van der Waals surface area contributed by atoms with E-state index in [2.05, 4.69) is 10.1 Å². The van der Waals surface area contributed by atoms with Crippen molar-refractivity contribution in [3.05, 3.63) is 58.1 Å². The van der Waals surface area contributed by atoms with E-state index < -0.39 is 6.36 Å². The van der Waals surface area contributed by atoms with E-state index in [0.717, 1.165) is 5.56 Å². The summed E-state index contributed by atoms with van der Waals surface area (Å²) in [7, 11) is 0. The predicted molar refractivity (Wildman–Crippen MR) is 99.2 cm³/mol. The molecule has 4 nitrogen and oxygen atoms in total. The van der Waals surface area contributed by atoms with Gasteiger partial charge in [-0.15, -0.1) is 13.2 Å². The smallest absolute Gasteiger partial charge is 0.406 e. The summed E-state index contributed by atoms with van der Waals surface area (Å²) in [6, 6.07) is 10.4. The number of hydrogen-bond donors (Lipinski definition) is 1. The van der Waals surface area contributed by atoms with Gasteiger partial charge >= 0.3 is 6.36 Å². The van der Waals surface area contributed by atoms with Crippen LogP contribution in [0.4, 0.5) is 18.9 Å². The van der Waals surface area contributed by atoms with Crippen LogP contribution in [-0.2, 0) is 11.3 Å². The number of ether oxygens (including phenoxy) is 1. The Morgan fingerprint density at radius 2 is 1.70 bits per heavy atom. The highest BCUT2D eigenvalue weighted by atomic mass is 35.5. The molecule has 0 bridgehead atoms. The summed E-state index contributed by atoms with van der Waals surface area (Å²) in [5.74, 6) is -0.593. The van der Waals surface area contributed by atoms with Crippen LogP contribution in [0, 0.1) is 0 Å². The fraction of sp³-hybridized carbons (Fsp3) is 0.278. The summed E-state index contributed by atoms with van der Waals surface area (Å²) in [5.41, 5.74) is 1.09. The number of amides is 1. The quantitative estimate of drug-likeness (QED) is 0.655. The largest absolute Gasteiger partial charge is 0.573 e. The average molecular weight is 421 g/mol. The molecule has 0 aliphatic heterocycles. The minimum absolute atomic E-state index is 0.0683. The van der Waals surface area contributed by atoms with Crippen molar-refractivity contribution in [2.45, 2.75) is 19.8 Å². The Hall–Kier alpha value is -1.96. The predicted octanol–water partition coefficient (Wildman–Crippen LogP) is 5.35. The molecule has 0 aliphatic rings. The zero-order valence-electron chi connectivity index (χ0n) is 14.3. The van der Waals surface area contributed by atoms with Crippen LogP contribution in [0.5, 0.6) is 5.75 Å². The Labute approximate surface area is 164 Å². The Bertz CT molecular complexity index is 763. The summed E-state index contributed by atoms with van der Waals surface area (Å²) < 4.78 is 40.4. The molecule has 0 aromatic heterocycles. The highest BCUT2D eigenvalue weighted by molar-refractivity contribution is 6.39. The molecular formula is C18H17Cl2F3N2O2. The average Bonchev–Trinajstić information content (AvgIpc) is 2.58. The van der Waals surface area contributed by atoms with E-state index in [-0.39, 0.29) is 18.2 Å².